The maximum atomic E-state index is 13.5. The Labute approximate surface area is 213 Å². The molecule has 0 aromatic heterocycles. The van der Waals surface area contributed by atoms with Gasteiger partial charge in [0.1, 0.15) is 12.3 Å². The highest BCUT2D eigenvalue weighted by atomic mass is 79.9. The molecular formula is C27H23BrN2O4S. The molecule has 8 heteroatoms. The second kappa shape index (κ2) is 10.8. The molecular weight excluding hydrogens is 528 g/mol. The monoisotopic (exact) mass is 550 g/mol. The molecule has 0 unspecified atom stereocenters. The molecule has 6 nitrogen and oxygen atoms in total. The van der Waals surface area contributed by atoms with E-state index < -0.39 is 22.5 Å². The Bertz CT molecular complexity index is 1410. The van der Waals surface area contributed by atoms with Gasteiger partial charge in [0.15, 0.2) is 5.75 Å². The van der Waals surface area contributed by atoms with E-state index in [1.165, 1.54) is 12.1 Å². The van der Waals surface area contributed by atoms with Crippen LogP contribution in [0, 0.1) is 6.92 Å². The largest absolute Gasteiger partial charge is 0.455 e. The standard InChI is InChI=1S/C27H23BrN2O4S/c1-20-11-17-24(18-12-20)35(32,33)30(22-15-13-21(28)14-16-22)19-27(31)29-25-9-5-6-10-26(25)34-23-7-3-2-4-8-23/h2-18H,19H2,1H3,(H,29,31). The van der Waals surface area contributed by atoms with Gasteiger partial charge in [0.05, 0.1) is 16.3 Å². The van der Waals surface area contributed by atoms with Crippen LogP contribution in [0.3, 0.4) is 0 Å². The first kappa shape index (κ1) is 24.5. The molecule has 1 amide bonds. The van der Waals surface area contributed by atoms with E-state index in [-0.39, 0.29) is 4.90 Å². The van der Waals surface area contributed by atoms with Crippen LogP contribution in [0.5, 0.6) is 11.5 Å². The van der Waals surface area contributed by atoms with Crippen LogP contribution in [0.25, 0.3) is 0 Å². The van der Waals surface area contributed by atoms with E-state index in [0.717, 1.165) is 14.3 Å². The van der Waals surface area contributed by atoms with E-state index in [1.54, 1.807) is 60.7 Å². The lowest BCUT2D eigenvalue weighted by Crippen LogP contribution is -2.38. The van der Waals surface area contributed by atoms with Gasteiger partial charge in [0.25, 0.3) is 10.0 Å². The fourth-order valence-electron chi connectivity index (χ4n) is 3.35. The van der Waals surface area contributed by atoms with Crippen molar-refractivity contribution in [2.24, 2.45) is 0 Å². The summed E-state index contributed by atoms with van der Waals surface area (Å²) in [5.41, 5.74) is 1.74. The fraction of sp³-hybridized carbons (Fsp3) is 0.0741. The summed E-state index contributed by atoms with van der Waals surface area (Å²) in [7, 11) is -4.00. The summed E-state index contributed by atoms with van der Waals surface area (Å²) >= 11 is 3.37. The Kier molecular flexibility index (Phi) is 7.53. The van der Waals surface area contributed by atoms with Gasteiger partial charge >= 0.3 is 0 Å². The van der Waals surface area contributed by atoms with Gasteiger partial charge in [-0.2, -0.15) is 0 Å². The topological polar surface area (TPSA) is 75.7 Å². The van der Waals surface area contributed by atoms with E-state index in [2.05, 4.69) is 21.2 Å². The molecule has 0 saturated carbocycles. The predicted octanol–water partition coefficient (Wildman–Crippen LogP) is 6.38. The SMILES string of the molecule is Cc1ccc(S(=O)(=O)N(CC(=O)Nc2ccccc2Oc2ccccc2)c2ccc(Br)cc2)cc1. The number of sulfonamides is 1. The molecule has 0 fully saturated rings. The number of hydrogen-bond acceptors (Lipinski definition) is 4. The Hall–Kier alpha value is -3.62. The third kappa shape index (κ3) is 6.09. The number of nitrogens with zero attached hydrogens (tertiary/aromatic N) is 1. The smallest absolute Gasteiger partial charge is 0.264 e. The number of ether oxygens (including phenoxy) is 1. The van der Waals surface area contributed by atoms with E-state index in [1.807, 2.05) is 37.3 Å². The van der Waals surface area contributed by atoms with Crippen LogP contribution in [0.15, 0.2) is 112 Å². The predicted molar refractivity (Wildman–Crippen MR) is 141 cm³/mol. The average Bonchev–Trinajstić information content (AvgIpc) is 2.85. The Morgan fingerprint density at radius 3 is 2.17 bits per heavy atom. The van der Waals surface area contributed by atoms with Crippen molar-refractivity contribution < 1.29 is 17.9 Å². The van der Waals surface area contributed by atoms with E-state index >= 15 is 0 Å². The number of carbonyl (C=O) groups is 1. The number of halogens is 1. The molecule has 178 valence electrons. The minimum atomic E-state index is -4.00. The molecule has 4 aromatic carbocycles. The zero-order chi connectivity index (χ0) is 24.8. The first-order chi connectivity index (χ1) is 16.8. The molecule has 0 radical (unpaired) electrons. The van der Waals surface area contributed by atoms with Gasteiger partial charge in [-0.15, -0.1) is 0 Å². The zero-order valence-corrected chi connectivity index (χ0v) is 21.3. The summed E-state index contributed by atoms with van der Waals surface area (Å²) in [5, 5.41) is 2.80. The third-order valence-electron chi connectivity index (χ3n) is 5.14. The number of anilines is 2. The van der Waals surface area contributed by atoms with Crippen LogP contribution in [0.4, 0.5) is 11.4 Å². The Morgan fingerprint density at radius 2 is 1.49 bits per heavy atom. The highest BCUT2D eigenvalue weighted by molar-refractivity contribution is 9.10. The van der Waals surface area contributed by atoms with Crippen molar-refractivity contribution in [3.8, 4) is 11.5 Å². The number of hydrogen-bond donors (Lipinski definition) is 1. The molecule has 4 rings (SSSR count). The molecule has 0 bridgehead atoms. The average molecular weight is 551 g/mol. The van der Waals surface area contributed by atoms with Crippen molar-refractivity contribution in [2.75, 3.05) is 16.2 Å². The lowest BCUT2D eigenvalue weighted by atomic mass is 10.2. The number of para-hydroxylation sites is 3. The van der Waals surface area contributed by atoms with Crippen molar-refractivity contribution >= 4 is 43.2 Å². The molecule has 35 heavy (non-hydrogen) atoms. The van der Waals surface area contributed by atoms with Crippen LogP contribution in [-0.2, 0) is 14.8 Å². The highest BCUT2D eigenvalue weighted by Crippen LogP contribution is 2.30. The van der Waals surface area contributed by atoms with Crippen LogP contribution >= 0.6 is 15.9 Å². The first-order valence-electron chi connectivity index (χ1n) is 10.8. The summed E-state index contributed by atoms with van der Waals surface area (Å²) in [6.07, 6.45) is 0. The molecule has 0 spiro atoms. The second-order valence-corrected chi connectivity index (χ2v) is 10.5. The van der Waals surface area contributed by atoms with Crippen molar-refractivity contribution in [2.45, 2.75) is 11.8 Å². The molecule has 0 aliphatic rings. The number of benzene rings is 4. The lowest BCUT2D eigenvalue weighted by molar-refractivity contribution is -0.114. The van der Waals surface area contributed by atoms with Crippen LogP contribution in [0.2, 0.25) is 0 Å². The zero-order valence-electron chi connectivity index (χ0n) is 18.9. The minimum absolute atomic E-state index is 0.103. The maximum absolute atomic E-state index is 13.5. The molecule has 4 aromatic rings. The van der Waals surface area contributed by atoms with Gasteiger partial charge in [-0.3, -0.25) is 9.10 Å². The lowest BCUT2D eigenvalue weighted by Gasteiger charge is -2.24. The Morgan fingerprint density at radius 1 is 0.857 bits per heavy atom. The van der Waals surface area contributed by atoms with Gasteiger partial charge in [-0.05, 0) is 67.6 Å². The summed E-state index contributed by atoms with van der Waals surface area (Å²) in [4.78, 5) is 13.2. The van der Waals surface area contributed by atoms with Crippen molar-refractivity contribution in [3.05, 3.63) is 113 Å². The Balaban J connectivity index is 1.61. The van der Waals surface area contributed by atoms with Gasteiger partial charge in [0.2, 0.25) is 5.91 Å². The van der Waals surface area contributed by atoms with E-state index in [0.29, 0.717) is 22.9 Å². The van der Waals surface area contributed by atoms with Gasteiger partial charge in [-0.1, -0.05) is 64.0 Å². The van der Waals surface area contributed by atoms with Crippen molar-refractivity contribution in [1.29, 1.82) is 0 Å². The number of nitrogens with one attached hydrogen (secondary N) is 1. The molecule has 1 N–H and O–H groups in total. The number of carbonyl (C=O) groups excluding carboxylic acids is 1. The van der Waals surface area contributed by atoms with E-state index in [4.69, 9.17) is 4.74 Å². The van der Waals surface area contributed by atoms with Gasteiger partial charge in [0, 0.05) is 4.47 Å². The van der Waals surface area contributed by atoms with E-state index in [9.17, 15) is 13.2 Å². The summed E-state index contributed by atoms with van der Waals surface area (Å²) in [5.74, 6) is 0.559. The fourth-order valence-corrected chi connectivity index (χ4v) is 5.04. The third-order valence-corrected chi connectivity index (χ3v) is 7.46. The van der Waals surface area contributed by atoms with Gasteiger partial charge < -0.3 is 10.1 Å². The quantitative estimate of drug-likeness (QED) is 0.276. The molecule has 0 heterocycles. The van der Waals surface area contributed by atoms with Crippen molar-refractivity contribution in [1.82, 2.24) is 0 Å². The summed E-state index contributed by atoms with van der Waals surface area (Å²) < 4.78 is 34.9. The van der Waals surface area contributed by atoms with Crippen LogP contribution in [0.1, 0.15) is 5.56 Å². The van der Waals surface area contributed by atoms with Crippen LogP contribution < -0.4 is 14.4 Å². The molecule has 0 aliphatic heterocycles. The van der Waals surface area contributed by atoms with Gasteiger partial charge in [-0.25, -0.2) is 8.42 Å². The number of rotatable bonds is 8. The number of aryl methyl sites for hydroxylation is 1. The minimum Gasteiger partial charge on any atom is -0.455 e. The van der Waals surface area contributed by atoms with Crippen molar-refractivity contribution in [3.63, 3.8) is 0 Å². The summed E-state index contributed by atoms with van der Waals surface area (Å²) in [6.45, 7) is 1.46. The molecule has 0 atom stereocenters. The highest BCUT2D eigenvalue weighted by Gasteiger charge is 2.27. The molecule has 0 aliphatic carbocycles. The maximum Gasteiger partial charge on any atom is 0.264 e. The first-order valence-corrected chi connectivity index (χ1v) is 13.0. The molecule has 0 saturated heterocycles. The summed E-state index contributed by atoms with van der Waals surface area (Å²) in [6, 6.07) is 29.5. The van der Waals surface area contributed by atoms with Crippen LogP contribution in [-0.4, -0.2) is 20.9 Å². The normalized spacial score (nSPS) is 11.0. The number of amides is 1. The second-order valence-electron chi connectivity index (χ2n) is 7.76.